The fraction of sp³-hybridized carbons (Fsp3) is 0.333. The van der Waals surface area contributed by atoms with E-state index in [-0.39, 0.29) is 18.0 Å². The van der Waals surface area contributed by atoms with Crippen molar-refractivity contribution in [1.29, 1.82) is 0 Å². The van der Waals surface area contributed by atoms with E-state index in [1.54, 1.807) is 12.1 Å². The average Bonchev–Trinajstić information content (AvgIpc) is 2.57. The van der Waals surface area contributed by atoms with Crippen LogP contribution in [-0.4, -0.2) is 11.3 Å². The summed E-state index contributed by atoms with van der Waals surface area (Å²) >= 11 is 5.80. The van der Waals surface area contributed by atoms with Crippen LogP contribution in [-0.2, 0) is 0 Å². The van der Waals surface area contributed by atoms with Gasteiger partial charge in [-0.1, -0.05) is 17.7 Å². The van der Waals surface area contributed by atoms with E-state index in [4.69, 9.17) is 17.3 Å². The highest BCUT2D eigenvalue weighted by Crippen LogP contribution is 2.28. The van der Waals surface area contributed by atoms with Gasteiger partial charge in [0.2, 0.25) is 0 Å². The van der Waals surface area contributed by atoms with E-state index in [0.29, 0.717) is 5.02 Å². The van der Waals surface area contributed by atoms with E-state index < -0.39 is 0 Å². The van der Waals surface area contributed by atoms with Crippen LogP contribution in [0.3, 0.4) is 0 Å². The number of nitrogens with two attached hydrogens (primary N) is 1. The molecule has 1 aromatic rings. The Morgan fingerprint density at radius 3 is 2.79 bits per heavy atom. The van der Waals surface area contributed by atoms with E-state index in [1.165, 1.54) is 0 Å². The largest absolute Gasteiger partial charge is 0.506 e. The Hall–Kier alpha value is -0.810. The fourth-order valence-corrected chi connectivity index (χ4v) is 1.73. The second-order valence-corrected chi connectivity index (χ2v) is 3.80. The third-order valence-electron chi connectivity index (χ3n) is 2.31. The Labute approximate surface area is 87.0 Å². The summed E-state index contributed by atoms with van der Waals surface area (Å²) in [6.07, 6.45) is 0.772. The summed E-state index contributed by atoms with van der Waals surface area (Å²) < 4.78 is 0. The summed E-state index contributed by atoms with van der Waals surface area (Å²) in [5, 5.41) is 9.61. The monoisotopic (exact) mass is 213 g/mol. The number of hydrogen-bond donors (Lipinski definition) is 4. The lowest BCUT2D eigenvalue weighted by molar-refractivity contribution is 0.474. The second-order valence-electron chi connectivity index (χ2n) is 3.39. The Kier molecular flexibility index (Phi) is 2.60. The number of phenols is 1. The smallest absolute Gasteiger partial charge is 0.134 e. The van der Waals surface area contributed by atoms with E-state index in [2.05, 4.69) is 10.9 Å². The third-order valence-corrected chi connectivity index (χ3v) is 2.61. The van der Waals surface area contributed by atoms with Gasteiger partial charge in [0.05, 0.1) is 11.2 Å². The molecule has 0 bridgehead atoms. The van der Waals surface area contributed by atoms with Crippen molar-refractivity contribution in [2.75, 3.05) is 0 Å². The van der Waals surface area contributed by atoms with Gasteiger partial charge in [-0.2, -0.15) is 0 Å². The SMILES string of the molecule is NC1CC(c2ccc(O)c(Cl)c2)NN1. The van der Waals surface area contributed by atoms with Gasteiger partial charge < -0.3 is 10.8 Å². The number of halogens is 1. The molecule has 0 radical (unpaired) electrons. The van der Waals surface area contributed by atoms with Crippen LogP contribution < -0.4 is 16.6 Å². The van der Waals surface area contributed by atoms with E-state index in [1.807, 2.05) is 6.07 Å². The Morgan fingerprint density at radius 2 is 2.21 bits per heavy atom. The summed E-state index contributed by atoms with van der Waals surface area (Å²) in [6, 6.07) is 5.32. The number of rotatable bonds is 1. The number of phenolic OH excluding ortho intramolecular Hbond substituents is 1. The lowest BCUT2D eigenvalue weighted by Crippen LogP contribution is -2.36. The number of aromatic hydroxyl groups is 1. The maximum absolute atomic E-state index is 9.25. The summed E-state index contributed by atoms with van der Waals surface area (Å²) in [6.45, 7) is 0. The highest BCUT2D eigenvalue weighted by molar-refractivity contribution is 6.32. The molecule has 2 unspecified atom stereocenters. The van der Waals surface area contributed by atoms with Crippen LogP contribution in [0.25, 0.3) is 0 Å². The minimum atomic E-state index is -0.0346. The molecule has 2 atom stereocenters. The summed E-state index contributed by atoms with van der Waals surface area (Å²) in [5.74, 6) is 0.102. The quantitative estimate of drug-likeness (QED) is 0.559. The lowest BCUT2D eigenvalue weighted by Gasteiger charge is -2.10. The lowest BCUT2D eigenvalue weighted by atomic mass is 10.0. The van der Waals surface area contributed by atoms with Gasteiger partial charge in [0.1, 0.15) is 5.75 Å². The molecule has 0 amide bonds. The zero-order valence-electron chi connectivity index (χ0n) is 7.50. The maximum Gasteiger partial charge on any atom is 0.134 e. The summed E-state index contributed by atoms with van der Waals surface area (Å²) in [7, 11) is 0. The number of benzene rings is 1. The number of nitrogens with one attached hydrogen (secondary N) is 2. The van der Waals surface area contributed by atoms with Gasteiger partial charge in [-0.05, 0) is 24.1 Å². The number of hydrogen-bond acceptors (Lipinski definition) is 4. The van der Waals surface area contributed by atoms with E-state index >= 15 is 0 Å². The first-order valence-electron chi connectivity index (χ1n) is 4.42. The zero-order valence-corrected chi connectivity index (χ0v) is 8.25. The molecule has 1 aromatic carbocycles. The first-order chi connectivity index (χ1) is 6.66. The first kappa shape index (κ1) is 9.73. The van der Waals surface area contributed by atoms with Crippen LogP contribution in [0, 0.1) is 0 Å². The fourth-order valence-electron chi connectivity index (χ4n) is 1.54. The molecule has 4 nitrogen and oxygen atoms in total. The molecule has 1 fully saturated rings. The average molecular weight is 214 g/mol. The van der Waals surface area contributed by atoms with Crippen molar-refractivity contribution < 1.29 is 5.11 Å². The van der Waals surface area contributed by atoms with Gasteiger partial charge >= 0.3 is 0 Å². The van der Waals surface area contributed by atoms with Gasteiger partial charge in [0.25, 0.3) is 0 Å². The summed E-state index contributed by atoms with van der Waals surface area (Å²) in [5.41, 5.74) is 12.7. The Bertz CT molecular complexity index is 345. The molecule has 0 saturated carbocycles. The molecule has 1 aliphatic rings. The van der Waals surface area contributed by atoms with E-state index in [9.17, 15) is 5.11 Å². The van der Waals surface area contributed by atoms with Crippen LogP contribution in [0.4, 0.5) is 0 Å². The van der Waals surface area contributed by atoms with Crippen molar-refractivity contribution in [1.82, 2.24) is 10.9 Å². The highest BCUT2D eigenvalue weighted by Gasteiger charge is 2.22. The van der Waals surface area contributed by atoms with Crippen molar-refractivity contribution in [3.05, 3.63) is 28.8 Å². The third kappa shape index (κ3) is 1.83. The van der Waals surface area contributed by atoms with Gasteiger partial charge in [0, 0.05) is 6.04 Å². The highest BCUT2D eigenvalue weighted by atomic mass is 35.5. The molecular formula is C9H12ClN3O. The zero-order chi connectivity index (χ0) is 10.1. The predicted molar refractivity (Wildman–Crippen MR) is 54.7 cm³/mol. The Morgan fingerprint density at radius 1 is 1.43 bits per heavy atom. The Balaban J connectivity index is 2.20. The maximum atomic E-state index is 9.25. The van der Waals surface area contributed by atoms with E-state index in [0.717, 1.165) is 12.0 Å². The molecule has 2 rings (SSSR count). The standard InChI is InChI=1S/C9H12ClN3O/c10-6-3-5(1-2-8(6)14)7-4-9(11)13-12-7/h1-3,7,9,12-14H,4,11H2. The molecule has 1 saturated heterocycles. The van der Waals surface area contributed by atoms with Gasteiger partial charge in [0.15, 0.2) is 0 Å². The molecule has 1 aliphatic heterocycles. The van der Waals surface area contributed by atoms with Crippen molar-refractivity contribution in [2.45, 2.75) is 18.6 Å². The molecule has 0 aromatic heterocycles. The van der Waals surface area contributed by atoms with Crippen molar-refractivity contribution in [2.24, 2.45) is 5.73 Å². The molecule has 14 heavy (non-hydrogen) atoms. The predicted octanol–water partition coefficient (Wildman–Crippen LogP) is 0.869. The molecule has 1 heterocycles. The van der Waals surface area contributed by atoms with Gasteiger partial charge in [-0.15, -0.1) is 0 Å². The van der Waals surface area contributed by atoms with Gasteiger partial charge in [-0.3, -0.25) is 0 Å². The molecule has 5 heteroatoms. The molecular weight excluding hydrogens is 202 g/mol. The normalized spacial score (nSPS) is 26.7. The molecule has 0 aliphatic carbocycles. The molecule has 0 spiro atoms. The van der Waals surface area contributed by atoms with Crippen LogP contribution in [0.1, 0.15) is 18.0 Å². The minimum Gasteiger partial charge on any atom is -0.506 e. The second kappa shape index (κ2) is 3.74. The summed E-state index contributed by atoms with van der Waals surface area (Å²) in [4.78, 5) is 0. The van der Waals surface area contributed by atoms with Crippen molar-refractivity contribution >= 4 is 11.6 Å². The van der Waals surface area contributed by atoms with Gasteiger partial charge in [-0.25, -0.2) is 10.9 Å². The number of hydrazine groups is 1. The van der Waals surface area contributed by atoms with Crippen LogP contribution in [0.2, 0.25) is 5.02 Å². The molecule has 76 valence electrons. The van der Waals surface area contributed by atoms with Crippen LogP contribution in [0.15, 0.2) is 18.2 Å². The van der Waals surface area contributed by atoms with Crippen molar-refractivity contribution in [3.8, 4) is 5.75 Å². The molecule has 5 N–H and O–H groups in total. The minimum absolute atomic E-state index is 0.0346. The van der Waals surface area contributed by atoms with Crippen molar-refractivity contribution in [3.63, 3.8) is 0 Å². The first-order valence-corrected chi connectivity index (χ1v) is 4.79. The van der Waals surface area contributed by atoms with Crippen LogP contribution in [0.5, 0.6) is 5.75 Å². The van der Waals surface area contributed by atoms with Crippen LogP contribution >= 0.6 is 11.6 Å². The topological polar surface area (TPSA) is 70.3 Å².